The van der Waals surface area contributed by atoms with Crippen molar-refractivity contribution < 1.29 is 23.8 Å². The summed E-state index contributed by atoms with van der Waals surface area (Å²) in [7, 11) is 0. The number of amides is 2. The monoisotopic (exact) mass is 376 g/mol. The average molecular weight is 376 g/mol. The van der Waals surface area contributed by atoms with Crippen LogP contribution < -0.4 is 25.1 Å². The second kappa shape index (κ2) is 7.71. The Morgan fingerprint density at radius 3 is 2.36 bits per heavy atom. The first-order valence-corrected chi connectivity index (χ1v) is 8.53. The van der Waals surface area contributed by atoms with Gasteiger partial charge in [-0.1, -0.05) is 30.3 Å². The van der Waals surface area contributed by atoms with Gasteiger partial charge < -0.3 is 14.2 Å². The highest BCUT2D eigenvalue weighted by Gasteiger charge is 2.18. The number of para-hydroxylation sites is 2. The summed E-state index contributed by atoms with van der Waals surface area (Å²) in [5.74, 6) is 1.07. The molecule has 0 unspecified atom stereocenters. The Morgan fingerprint density at radius 2 is 1.50 bits per heavy atom. The lowest BCUT2D eigenvalue weighted by Gasteiger charge is -2.12. The summed E-state index contributed by atoms with van der Waals surface area (Å²) in [5.41, 5.74) is 5.41. The molecule has 3 aromatic carbocycles. The molecule has 7 nitrogen and oxygen atoms in total. The first-order valence-electron chi connectivity index (χ1n) is 8.53. The molecule has 0 saturated carbocycles. The zero-order chi connectivity index (χ0) is 19.3. The number of carbonyl (C=O) groups is 2. The van der Waals surface area contributed by atoms with Gasteiger partial charge in [0.1, 0.15) is 11.5 Å². The van der Waals surface area contributed by atoms with Crippen LogP contribution in [0, 0.1) is 0 Å². The van der Waals surface area contributed by atoms with Crippen LogP contribution in [-0.2, 0) is 0 Å². The van der Waals surface area contributed by atoms with Crippen LogP contribution in [0.5, 0.6) is 23.0 Å². The third-order valence-corrected chi connectivity index (χ3v) is 4.03. The maximum absolute atomic E-state index is 12.5. The number of ether oxygens (including phenoxy) is 3. The maximum atomic E-state index is 12.5. The standard InChI is InChI=1S/C21H16N2O5/c24-20(14-10-11-18-19(12-14)27-13-26-18)22-23-21(25)16-8-4-5-9-17(16)28-15-6-2-1-3-7-15/h1-12H,13H2,(H,22,24)(H,23,25). The number of nitrogens with one attached hydrogen (secondary N) is 2. The zero-order valence-electron chi connectivity index (χ0n) is 14.7. The van der Waals surface area contributed by atoms with Crippen LogP contribution in [-0.4, -0.2) is 18.6 Å². The lowest BCUT2D eigenvalue weighted by Crippen LogP contribution is -2.41. The molecule has 3 aromatic rings. The number of hydrogen-bond donors (Lipinski definition) is 2. The summed E-state index contributed by atoms with van der Waals surface area (Å²) in [6, 6.07) is 20.7. The Bertz CT molecular complexity index is 1020. The SMILES string of the molecule is O=C(NNC(=O)c1ccccc1Oc1ccccc1)c1ccc2c(c1)OCO2. The summed E-state index contributed by atoms with van der Waals surface area (Å²) < 4.78 is 16.2. The second-order valence-electron chi connectivity index (χ2n) is 5.89. The van der Waals surface area contributed by atoms with Gasteiger partial charge in [-0.15, -0.1) is 0 Å². The zero-order valence-corrected chi connectivity index (χ0v) is 14.7. The highest BCUT2D eigenvalue weighted by Crippen LogP contribution is 2.32. The molecule has 4 rings (SSSR count). The fourth-order valence-corrected chi connectivity index (χ4v) is 2.65. The molecule has 0 spiro atoms. The maximum Gasteiger partial charge on any atom is 0.273 e. The van der Waals surface area contributed by atoms with Gasteiger partial charge in [0.2, 0.25) is 6.79 Å². The molecule has 0 aromatic heterocycles. The Kier molecular flexibility index (Phi) is 4.79. The molecule has 0 aliphatic carbocycles. The fourth-order valence-electron chi connectivity index (χ4n) is 2.65. The van der Waals surface area contributed by atoms with Crippen molar-refractivity contribution >= 4 is 11.8 Å². The van der Waals surface area contributed by atoms with Gasteiger partial charge in [0, 0.05) is 5.56 Å². The number of fused-ring (bicyclic) bond motifs is 1. The Hall–Kier alpha value is -4.00. The minimum Gasteiger partial charge on any atom is -0.457 e. The minimum atomic E-state index is -0.499. The van der Waals surface area contributed by atoms with Gasteiger partial charge in [-0.2, -0.15) is 0 Å². The molecule has 7 heteroatoms. The van der Waals surface area contributed by atoms with E-state index in [-0.39, 0.29) is 12.4 Å². The molecule has 28 heavy (non-hydrogen) atoms. The van der Waals surface area contributed by atoms with Crippen molar-refractivity contribution in [3.8, 4) is 23.0 Å². The van der Waals surface area contributed by atoms with E-state index in [4.69, 9.17) is 14.2 Å². The number of hydrogen-bond acceptors (Lipinski definition) is 5. The summed E-state index contributed by atoms with van der Waals surface area (Å²) in [4.78, 5) is 24.8. The molecular weight excluding hydrogens is 360 g/mol. The molecule has 0 fully saturated rings. The molecule has 0 atom stereocenters. The lowest BCUT2D eigenvalue weighted by molar-refractivity contribution is 0.0845. The van der Waals surface area contributed by atoms with E-state index >= 15 is 0 Å². The summed E-state index contributed by atoms with van der Waals surface area (Å²) in [5, 5.41) is 0. The Labute approximate surface area is 160 Å². The number of rotatable bonds is 4. The van der Waals surface area contributed by atoms with Gasteiger partial charge >= 0.3 is 0 Å². The van der Waals surface area contributed by atoms with Crippen molar-refractivity contribution in [1.82, 2.24) is 10.9 Å². The quantitative estimate of drug-likeness (QED) is 0.683. The van der Waals surface area contributed by atoms with E-state index in [1.165, 1.54) is 0 Å². The molecule has 140 valence electrons. The molecular formula is C21H16N2O5. The van der Waals surface area contributed by atoms with Crippen molar-refractivity contribution in [3.05, 3.63) is 83.9 Å². The molecule has 1 aliphatic rings. The molecule has 2 N–H and O–H groups in total. The van der Waals surface area contributed by atoms with Crippen molar-refractivity contribution in [2.75, 3.05) is 6.79 Å². The van der Waals surface area contributed by atoms with Crippen LogP contribution in [0.2, 0.25) is 0 Å². The van der Waals surface area contributed by atoms with Gasteiger partial charge in [-0.05, 0) is 42.5 Å². The predicted molar refractivity (Wildman–Crippen MR) is 100 cm³/mol. The third-order valence-electron chi connectivity index (χ3n) is 4.03. The number of hydrazine groups is 1. The summed E-state index contributed by atoms with van der Waals surface area (Å²) in [6.07, 6.45) is 0. The van der Waals surface area contributed by atoms with Crippen molar-refractivity contribution in [1.29, 1.82) is 0 Å². The normalized spacial score (nSPS) is 11.6. The number of carbonyl (C=O) groups excluding carboxylic acids is 2. The van der Waals surface area contributed by atoms with Crippen molar-refractivity contribution in [3.63, 3.8) is 0 Å². The van der Waals surface area contributed by atoms with E-state index in [0.717, 1.165) is 0 Å². The van der Waals surface area contributed by atoms with E-state index in [1.807, 2.05) is 18.2 Å². The molecule has 0 saturated heterocycles. The topological polar surface area (TPSA) is 85.9 Å². The van der Waals surface area contributed by atoms with Crippen LogP contribution in [0.3, 0.4) is 0 Å². The van der Waals surface area contributed by atoms with Crippen LogP contribution >= 0.6 is 0 Å². The molecule has 1 heterocycles. The number of benzene rings is 3. The smallest absolute Gasteiger partial charge is 0.273 e. The minimum absolute atomic E-state index is 0.120. The molecule has 2 amide bonds. The first kappa shape index (κ1) is 17.4. The molecule has 1 aliphatic heterocycles. The van der Waals surface area contributed by atoms with Crippen molar-refractivity contribution in [2.45, 2.75) is 0 Å². The van der Waals surface area contributed by atoms with Gasteiger partial charge in [0.15, 0.2) is 11.5 Å². The lowest BCUT2D eigenvalue weighted by atomic mass is 10.2. The predicted octanol–water partition coefficient (Wildman–Crippen LogP) is 3.28. The third kappa shape index (κ3) is 3.73. The second-order valence-corrected chi connectivity index (χ2v) is 5.89. The first-order chi connectivity index (χ1) is 13.7. The highest BCUT2D eigenvalue weighted by atomic mass is 16.7. The largest absolute Gasteiger partial charge is 0.457 e. The van der Waals surface area contributed by atoms with E-state index in [9.17, 15) is 9.59 Å². The average Bonchev–Trinajstić information content (AvgIpc) is 3.21. The van der Waals surface area contributed by atoms with Gasteiger partial charge in [0.05, 0.1) is 5.56 Å². The highest BCUT2D eigenvalue weighted by molar-refractivity contribution is 6.00. The Morgan fingerprint density at radius 1 is 0.786 bits per heavy atom. The van der Waals surface area contributed by atoms with Gasteiger partial charge in [-0.3, -0.25) is 20.4 Å². The summed E-state index contributed by atoms with van der Waals surface area (Å²) >= 11 is 0. The van der Waals surface area contributed by atoms with Crippen LogP contribution in [0.25, 0.3) is 0 Å². The van der Waals surface area contributed by atoms with Gasteiger partial charge in [-0.25, -0.2) is 0 Å². The Balaban J connectivity index is 1.43. The van der Waals surface area contributed by atoms with Crippen LogP contribution in [0.4, 0.5) is 0 Å². The van der Waals surface area contributed by atoms with E-state index < -0.39 is 11.8 Å². The van der Waals surface area contributed by atoms with Crippen LogP contribution in [0.15, 0.2) is 72.8 Å². The molecule has 0 radical (unpaired) electrons. The van der Waals surface area contributed by atoms with E-state index in [1.54, 1.807) is 54.6 Å². The van der Waals surface area contributed by atoms with E-state index in [0.29, 0.717) is 28.6 Å². The molecule has 0 bridgehead atoms. The van der Waals surface area contributed by atoms with E-state index in [2.05, 4.69) is 10.9 Å². The summed E-state index contributed by atoms with van der Waals surface area (Å²) in [6.45, 7) is 0.120. The van der Waals surface area contributed by atoms with Gasteiger partial charge in [0.25, 0.3) is 11.8 Å². The van der Waals surface area contributed by atoms with Crippen molar-refractivity contribution in [2.24, 2.45) is 0 Å². The van der Waals surface area contributed by atoms with Crippen LogP contribution in [0.1, 0.15) is 20.7 Å². The fraction of sp³-hybridized carbons (Fsp3) is 0.0476.